The number of rotatable bonds is 3. The zero-order chi connectivity index (χ0) is 16.6. The second-order valence-corrected chi connectivity index (χ2v) is 7.43. The molecule has 5 nitrogen and oxygen atoms in total. The molecule has 0 saturated carbocycles. The SMILES string of the molecule is CC(=O)c1cccc(S(=O)(=O)N2CCN(C)c3ccccc32)c1. The molecule has 0 saturated heterocycles. The lowest BCUT2D eigenvalue weighted by molar-refractivity contribution is 0.101. The van der Waals surface area contributed by atoms with Gasteiger partial charge in [-0.2, -0.15) is 0 Å². The fourth-order valence-corrected chi connectivity index (χ4v) is 4.25. The van der Waals surface area contributed by atoms with Crippen molar-refractivity contribution < 1.29 is 13.2 Å². The summed E-state index contributed by atoms with van der Waals surface area (Å²) in [4.78, 5) is 13.7. The molecule has 0 spiro atoms. The van der Waals surface area contributed by atoms with E-state index in [1.54, 1.807) is 18.2 Å². The first-order valence-electron chi connectivity index (χ1n) is 7.35. The minimum absolute atomic E-state index is 0.143. The second kappa shape index (κ2) is 5.70. The van der Waals surface area contributed by atoms with Gasteiger partial charge in [0.05, 0.1) is 22.8 Å². The standard InChI is InChI=1S/C17H18N2O3S/c1-13(20)14-6-5-7-15(12-14)23(21,22)19-11-10-18(2)16-8-3-4-9-17(16)19/h3-9,12H,10-11H2,1-2H3. The highest BCUT2D eigenvalue weighted by atomic mass is 32.2. The maximum Gasteiger partial charge on any atom is 0.264 e. The van der Waals surface area contributed by atoms with Crippen LogP contribution in [0, 0.1) is 0 Å². The Morgan fingerprint density at radius 1 is 1.00 bits per heavy atom. The van der Waals surface area contributed by atoms with Crippen molar-refractivity contribution in [2.24, 2.45) is 0 Å². The lowest BCUT2D eigenvalue weighted by atomic mass is 10.2. The number of carbonyl (C=O) groups is 1. The van der Waals surface area contributed by atoms with Crippen molar-refractivity contribution in [2.75, 3.05) is 29.3 Å². The highest BCUT2D eigenvalue weighted by Crippen LogP contribution is 2.35. The number of ketones is 1. The molecule has 3 rings (SSSR count). The predicted octanol–water partition coefficient (Wildman–Crippen LogP) is 2.53. The Kier molecular flexibility index (Phi) is 3.85. The van der Waals surface area contributed by atoms with Gasteiger partial charge < -0.3 is 4.90 Å². The van der Waals surface area contributed by atoms with E-state index in [1.165, 1.54) is 23.4 Å². The van der Waals surface area contributed by atoms with Crippen LogP contribution in [0.1, 0.15) is 17.3 Å². The quantitative estimate of drug-likeness (QED) is 0.812. The first kappa shape index (κ1) is 15.6. The smallest absolute Gasteiger partial charge is 0.264 e. The largest absolute Gasteiger partial charge is 0.371 e. The molecule has 0 unspecified atom stereocenters. The number of anilines is 2. The molecule has 1 aliphatic heterocycles. The van der Waals surface area contributed by atoms with Gasteiger partial charge in [0.2, 0.25) is 0 Å². The Morgan fingerprint density at radius 3 is 2.39 bits per heavy atom. The number of nitrogens with zero attached hydrogens (tertiary/aromatic N) is 2. The molecule has 2 aromatic carbocycles. The first-order chi connectivity index (χ1) is 10.9. The van der Waals surface area contributed by atoms with Gasteiger partial charge in [0.25, 0.3) is 10.0 Å². The van der Waals surface area contributed by atoms with Gasteiger partial charge in [-0.3, -0.25) is 9.10 Å². The number of carbonyl (C=O) groups excluding carboxylic acids is 1. The molecule has 0 bridgehead atoms. The summed E-state index contributed by atoms with van der Waals surface area (Å²) in [6.45, 7) is 2.42. The summed E-state index contributed by atoms with van der Waals surface area (Å²) in [6, 6.07) is 13.6. The Balaban J connectivity index is 2.09. The molecule has 6 heteroatoms. The molecule has 1 aliphatic rings. The average Bonchev–Trinajstić information content (AvgIpc) is 2.55. The van der Waals surface area contributed by atoms with E-state index in [0.717, 1.165) is 5.69 Å². The predicted molar refractivity (Wildman–Crippen MR) is 90.7 cm³/mol. The fourth-order valence-electron chi connectivity index (χ4n) is 2.73. The van der Waals surface area contributed by atoms with E-state index in [4.69, 9.17) is 0 Å². The summed E-state index contributed by atoms with van der Waals surface area (Å²) in [5.74, 6) is -0.152. The summed E-state index contributed by atoms with van der Waals surface area (Å²) in [6.07, 6.45) is 0. The van der Waals surface area contributed by atoms with Gasteiger partial charge in [0.1, 0.15) is 0 Å². The number of sulfonamides is 1. The van der Waals surface area contributed by atoms with Gasteiger partial charge in [-0.1, -0.05) is 24.3 Å². The number of fused-ring (bicyclic) bond motifs is 1. The number of likely N-dealkylation sites (N-methyl/N-ethyl adjacent to an activating group) is 1. The molecule has 120 valence electrons. The van der Waals surface area contributed by atoms with Crippen LogP contribution in [-0.4, -0.2) is 34.3 Å². The molecular weight excluding hydrogens is 312 g/mol. The highest BCUT2D eigenvalue weighted by Gasteiger charge is 2.30. The van der Waals surface area contributed by atoms with Gasteiger partial charge in [0.15, 0.2) is 5.78 Å². The van der Waals surface area contributed by atoms with E-state index in [-0.39, 0.29) is 10.7 Å². The number of benzene rings is 2. The van der Waals surface area contributed by atoms with E-state index in [9.17, 15) is 13.2 Å². The third-order valence-electron chi connectivity index (χ3n) is 4.03. The Morgan fingerprint density at radius 2 is 1.70 bits per heavy atom. The molecule has 0 N–H and O–H groups in total. The third kappa shape index (κ3) is 2.70. The topological polar surface area (TPSA) is 57.7 Å². The van der Waals surface area contributed by atoms with Gasteiger partial charge in [-0.25, -0.2) is 8.42 Å². The molecule has 2 aromatic rings. The second-order valence-electron chi connectivity index (χ2n) is 5.57. The summed E-state index contributed by atoms with van der Waals surface area (Å²) < 4.78 is 27.5. The van der Waals surface area contributed by atoms with Crippen LogP contribution in [0.25, 0.3) is 0 Å². The number of Topliss-reactive ketones (excluding diaryl/α,β-unsaturated/α-hetero) is 1. The van der Waals surface area contributed by atoms with E-state index >= 15 is 0 Å². The summed E-state index contributed by atoms with van der Waals surface area (Å²) in [5, 5.41) is 0. The van der Waals surface area contributed by atoms with Gasteiger partial charge in [-0.15, -0.1) is 0 Å². The van der Waals surface area contributed by atoms with Crippen LogP contribution < -0.4 is 9.21 Å². The van der Waals surface area contributed by atoms with E-state index in [2.05, 4.69) is 0 Å². The lowest BCUT2D eigenvalue weighted by Gasteiger charge is -2.36. The van der Waals surface area contributed by atoms with Crippen LogP contribution in [0.2, 0.25) is 0 Å². The van der Waals surface area contributed by atoms with Crippen LogP contribution in [0.4, 0.5) is 11.4 Å². The molecule has 0 radical (unpaired) electrons. The Bertz CT molecular complexity index is 862. The maximum absolute atomic E-state index is 13.0. The maximum atomic E-state index is 13.0. The van der Waals surface area contributed by atoms with Crippen LogP contribution in [0.3, 0.4) is 0 Å². The van der Waals surface area contributed by atoms with Crippen molar-refractivity contribution in [1.82, 2.24) is 0 Å². The van der Waals surface area contributed by atoms with Crippen LogP contribution in [-0.2, 0) is 10.0 Å². The molecule has 1 heterocycles. The minimum atomic E-state index is -3.70. The first-order valence-corrected chi connectivity index (χ1v) is 8.79. The van der Waals surface area contributed by atoms with E-state index in [1.807, 2.05) is 30.1 Å². The van der Waals surface area contributed by atoms with Crippen molar-refractivity contribution in [3.8, 4) is 0 Å². The molecule has 23 heavy (non-hydrogen) atoms. The van der Waals surface area contributed by atoms with Crippen molar-refractivity contribution in [2.45, 2.75) is 11.8 Å². The van der Waals surface area contributed by atoms with Crippen LogP contribution in [0.5, 0.6) is 0 Å². The molecule has 0 fully saturated rings. The Hall–Kier alpha value is -2.34. The zero-order valence-corrected chi connectivity index (χ0v) is 13.9. The molecule has 0 aromatic heterocycles. The molecule has 0 amide bonds. The average molecular weight is 330 g/mol. The summed E-state index contributed by atoms with van der Waals surface area (Å²) >= 11 is 0. The van der Waals surface area contributed by atoms with Crippen LogP contribution in [0.15, 0.2) is 53.4 Å². The lowest BCUT2D eigenvalue weighted by Crippen LogP contribution is -2.42. The summed E-state index contributed by atoms with van der Waals surface area (Å²) in [5.41, 5.74) is 1.94. The van der Waals surface area contributed by atoms with E-state index < -0.39 is 10.0 Å². The number of para-hydroxylation sites is 2. The fraction of sp³-hybridized carbons (Fsp3) is 0.235. The number of hydrogen-bond donors (Lipinski definition) is 0. The third-order valence-corrected chi connectivity index (χ3v) is 5.84. The molecule has 0 aliphatic carbocycles. The Labute approximate surface area is 136 Å². The van der Waals surface area contributed by atoms with E-state index in [0.29, 0.717) is 24.3 Å². The van der Waals surface area contributed by atoms with Crippen molar-refractivity contribution >= 4 is 27.2 Å². The minimum Gasteiger partial charge on any atom is -0.371 e. The van der Waals surface area contributed by atoms with Gasteiger partial charge >= 0.3 is 0 Å². The van der Waals surface area contributed by atoms with Crippen molar-refractivity contribution in [3.05, 3.63) is 54.1 Å². The van der Waals surface area contributed by atoms with Crippen molar-refractivity contribution in [1.29, 1.82) is 0 Å². The number of hydrogen-bond acceptors (Lipinski definition) is 4. The zero-order valence-electron chi connectivity index (χ0n) is 13.1. The highest BCUT2D eigenvalue weighted by molar-refractivity contribution is 7.92. The normalized spacial score (nSPS) is 14.5. The molecular formula is C17H18N2O3S. The summed E-state index contributed by atoms with van der Waals surface area (Å²) in [7, 11) is -1.76. The van der Waals surface area contributed by atoms with Crippen molar-refractivity contribution in [3.63, 3.8) is 0 Å². The molecule has 0 atom stereocenters. The van der Waals surface area contributed by atoms with Crippen LogP contribution >= 0.6 is 0 Å². The van der Waals surface area contributed by atoms with Gasteiger partial charge in [0, 0.05) is 19.2 Å². The van der Waals surface area contributed by atoms with Gasteiger partial charge in [-0.05, 0) is 31.2 Å². The monoisotopic (exact) mass is 330 g/mol.